The molecule has 1 aliphatic heterocycles. The van der Waals surface area contributed by atoms with Crippen LogP contribution in [0, 0.1) is 0 Å². The molecule has 0 radical (unpaired) electrons. The van der Waals surface area contributed by atoms with E-state index in [1.165, 1.54) is 6.92 Å². The number of carbonyl (C=O) groups is 1. The lowest BCUT2D eigenvalue weighted by molar-refractivity contribution is -0.0888. The van der Waals surface area contributed by atoms with Crippen molar-refractivity contribution >= 4 is 11.9 Å². The van der Waals surface area contributed by atoms with Crippen LogP contribution in [0.15, 0.2) is 29.4 Å². The van der Waals surface area contributed by atoms with Gasteiger partial charge in [0.1, 0.15) is 0 Å². The zero-order valence-corrected chi connectivity index (χ0v) is 14.3. The topological polar surface area (TPSA) is 66.0 Å². The van der Waals surface area contributed by atoms with Gasteiger partial charge in [0.05, 0.1) is 0 Å². The molecule has 0 aliphatic carbocycles. The van der Waals surface area contributed by atoms with Crippen molar-refractivity contribution in [2.45, 2.75) is 38.7 Å². The summed E-state index contributed by atoms with van der Waals surface area (Å²) in [7, 11) is 1.71. The van der Waals surface area contributed by atoms with E-state index in [1.54, 1.807) is 36.2 Å². The number of carbonyl (C=O) groups excluding carboxylic acids is 1. The van der Waals surface area contributed by atoms with E-state index in [0.717, 1.165) is 12.0 Å². The Morgan fingerprint density at radius 2 is 2.00 bits per heavy atom. The fraction of sp³-hybridized carbons (Fsp3) is 0.500. The molecule has 0 fully saturated rings. The summed E-state index contributed by atoms with van der Waals surface area (Å²) < 4.78 is 42.9. The Morgan fingerprint density at radius 1 is 1.36 bits per heavy atom. The van der Waals surface area contributed by atoms with Crippen LogP contribution in [0.3, 0.4) is 0 Å². The minimum atomic E-state index is -4.64. The lowest BCUT2D eigenvalue weighted by atomic mass is 10.0. The third kappa shape index (κ3) is 4.55. The van der Waals surface area contributed by atoms with Crippen molar-refractivity contribution in [3.8, 4) is 0 Å². The van der Waals surface area contributed by atoms with E-state index in [2.05, 4.69) is 15.8 Å². The Hall–Kier alpha value is -2.45. The maximum Gasteiger partial charge on any atom is 0.470 e. The van der Waals surface area contributed by atoms with Gasteiger partial charge in [0.2, 0.25) is 5.72 Å². The molecule has 0 saturated carbocycles. The highest BCUT2D eigenvalue weighted by Gasteiger charge is 2.47. The Labute approximate surface area is 144 Å². The van der Waals surface area contributed by atoms with Gasteiger partial charge in [-0.1, -0.05) is 31.2 Å². The molecule has 1 aromatic carbocycles. The number of nitrogens with one attached hydrogen (secondary N) is 2. The summed E-state index contributed by atoms with van der Waals surface area (Å²) in [4.78, 5) is 13.4. The van der Waals surface area contributed by atoms with Gasteiger partial charge in [0.15, 0.2) is 0 Å². The Balaban J connectivity index is 1.96. The Morgan fingerprint density at radius 3 is 2.52 bits per heavy atom. The van der Waals surface area contributed by atoms with Crippen LogP contribution in [0.25, 0.3) is 0 Å². The van der Waals surface area contributed by atoms with Gasteiger partial charge in [-0.25, -0.2) is 4.79 Å². The number of benzene rings is 1. The van der Waals surface area contributed by atoms with Gasteiger partial charge in [-0.3, -0.25) is 5.43 Å². The number of hydrogen-bond acceptors (Lipinski definition) is 4. The number of nitrogens with zero attached hydrogens (tertiary/aromatic N) is 2. The van der Waals surface area contributed by atoms with Gasteiger partial charge >= 0.3 is 18.1 Å². The predicted molar refractivity (Wildman–Crippen MR) is 86.7 cm³/mol. The highest BCUT2D eigenvalue weighted by atomic mass is 19.4. The molecule has 0 bridgehead atoms. The predicted octanol–water partition coefficient (Wildman–Crippen LogP) is 2.91. The zero-order chi connectivity index (χ0) is 18.7. The molecule has 2 rings (SSSR count). The van der Waals surface area contributed by atoms with Crippen LogP contribution in [0.5, 0.6) is 0 Å². The second-order valence-electron chi connectivity index (χ2n) is 5.94. The van der Waals surface area contributed by atoms with Crippen molar-refractivity contribution in [3.05, 3.63) is 35.4 Å². The maximum atomic E-state index is 12.6. The molecule has 1 heterocycles. The summed E-state index contributed by atoms with van der Waals surface area (Å²) in [5, 5.41) is 5.99. The summed E-state index contributed by atoms with van der Waals surface area (Å²) in [5.74, 6) is -1.30. The molecule has 1 atom stereocenters. The molecule has 0 saturated heterocycles. The van der Waals surface area contributed by atoms with Crippen LogP contribution >= 0.6 is 0 Å². The SMILES string of the molecule is CCCN(C)C(=O)NCc1ccc(C2(C)NN=C(C(F)(F)F)O2)cc1. The lowest BCUT2D eigenvalue weighted by Gasteiger charge is -2.24. The molecular weight excluding hydrogens is 337 g/mol. The molecule has 6 nitrogen and oxygen atoms in total. The van der Waals surface area contributed by atoms with Crippen molar-refractivity contribution in [2.24, 2.45) is 5.10 Å². The van der Waals surface area contributed by atoms with Crippen LogP contribution in [0.1, 0.15) is 31.4 Å². The monoisotopic (exact) mass is 358 g/mol. The van der Waals surface area contributed by atoms with Crippen molar-refractivity contribution in [1.29, 1.82) is 0 Å². The number of rotatable bonds is 5. The van der Waals surface area contributed by atoms with E-state index < -0.39 is 17.8 Å². The molecule has 138 valence electrons. The number of hydrogen-bond donors (Lipinski definition) is 2. The molecule has 2 N–H and O–H groups in total. The minimum Gasteiger partial charge on any atom is -0.441 e. The Kier molecular flexibility index (Phi) is 5.44. The first-order chi connectivity index (χ1) is 11.7. The van der Waals surface area contributed by atoms with Crippen molar-refractivity contribution in [2.75, 3.05) is 13.6 Å². The molecule has 1 aliphatic rings. The van der Waals surface area contributed by atoms with E-state index in [4.69, 9.17) is 4.74 Å². The normalized spacial score (nSPS) is 19.7. The van der Waals surface area contributed by atoms with E-state index in [0.29, 0.717) is 18.7 Å². The number of halogens is 3. The summed E-state index contributed by atoms with van der Waals surface area (Å²) in [6.45, 7) is 4.43. The smallest absolute Gasteiger partial charge is 0.441 e. The number of urea groups is 1. The average Bonchev–Trinajstić information content (AvgIpc) is 2.97. The summed E-state index contributed by atoms with van der Waals surface area (Å²) in [6, 6.07) is 6.54. The van der Waals surface area contributed by atoms with E-state index in [9.17, 15) is 18.0 Å². The standard InChI is InChI=1S/C16H21F3N4O2/c1-4-9-23(3)14(24)20-10-11-5-7-12(8-6-11)15(2)22-21-13(25-15)16(17,18)19/h5-8,22H,4,9-10H2,1-3H3,(H,20,24). The first-order valence-electron chi connectivity index (χ1n) is 7.85. The second-order valence-corrected chi connectivity index (χ2v) is 5.94. The van der Waals surface area contributed by atoms with E-state index in [-0.39, 0.29) is 6.03 Å². The van der Waals surface area contributed by atoms with Crippen LogP contribution < -0.4 is 10.7 Å². The summed E-state index contributed by atoms with van der Waals surface area (Å²) in [6.07, 6.45) is -3.77. The summed E-state index contributed by atoms with van der Waals surface area (Å²) >= 11 is 0. The second kappa shape index (κ2) is 7.20. The minimum absolute atomic E-state index is 0.179. The van der Waals surface area contributed by atoms with E-state index >= 15 is 0 Å². The molecule has 1 unspecified atom stereocenters. The molecular formula is C16H21F3N4O2. The fourth-order valence-corrected chi connectivity index (χ4v) is 2.33. The number of hydrazone groups is 1. The fourth-order valence-electron chi connectivity index (χ4n) is 2.33. The third-order valence-corrected chi connectivity index (χ3v) is 3.77. The molecule has 2 amide bonds. The average molecular weight is 358 g/mol. The first kappa shape index (κ1) is 18.9. The highest BCUT2D eigenvalue weighted by Crippen LogP contribution is 2.31. The van der Waals surface area contributed by atoms with Crippen LogP contribution in [0.2, 0.25) is 0 Å². The third-order valence-electron chi connectivity index (χ3n) is 3.77. The number of ether oxygens (including phenoxy) is 1. The zero-order valence-electron chi connectivity index (χ0n) is 14.3. The van der Waals surface area contributed by atoms with Crippen LogP contribution in [-0.4, -0.2) is 36.6 Å². The molecule has 25 heavy (non-hydrogen) atoms. The number of alkyl halides is 3. The Bertz CT molecular complexity index is 646. The molecule has 0 aromatic heterocycles. The van der Waals surface area contributed by atoms with Crippen LogP contribution in [0.4, 0.5) is 18.0 Å². The lowest BCUT2D eigenvalue weighted by Crippen LogP contribution is -2.37. The van der Waals surface area contributed by atoms with Crippen molar-refractivity contribution in [3.63, 3.8) is 0 Å². The van der Waals surface area contributed by atoms with Gasteiger partial charge in [-0.05, 0) is 12.0 Å². The van der Waals surface area contributed by atoms with Gasteiger partial charge in [0, 0.05) is 32.6 Å². The molecule has 0 spiro atoms. The van der Waals surface area contributed by atoms with Gasteiger partial charge in [0.25, 0.3) is 0 Å². The largest absolute Gasteiger partial charge is 0.470 e. The highest BCUT2D eigenvalue weighted by molar-refractivity contribution is 5.83. The maximum absolute atomic E-state index is 12.6. The van der Waals surface area contributed by atoms with Crippen LogP contribution in [-0.2, 0) is 17.0 Å². The molecule has 1 aromatic rings. The molecule has 9 heteroatoms. The quantitative estimate of drug-likeness (QED) is 0.851. The first-order valence-corrected chi connectivity index (χ1v) is 7.85. The van der Waals surface area contributed by atoms with Crippen molar-refractivity contribution in [1.82, 2.24) is 15.6 Å². The van der Waals surface area contributed by atoms with Gasteiger partial charge < -0.3 is 15.0 Å². The van der Waals surface area contributed by atoms with E-state index in [1.807, 2.05) is 6.92 Å². The van der Waals surface area contributed by atoms with Gasteiger partial charge in [-0.15, -0.1) is 5.10 Å². The van der Waals surface area contributed by atoms with Crippen molar-refractivity contribution < 1.29 is 22.7 Å². The van der Waals surface area contributed by atoms with Gasteiger partial charge in [-0.2, -0.15) is 13.2 Å². The number of amides is 2. The summed E-state index contributed by atoms with van der Waals surface area (Å²) in [5.41, 5.74) is 2.31.